The quantitative estimate of drug-likeness (QED) is 0.533. The zero-order valence-electron chi connectivity index (χ0n) is 15.7. The van der Waals surface area contributed by atoms with Gasteiger partial charge < -0.3 is 16.0 Å². The van der Waals surface area contributed by atoms with Crippen LogP contribution in [0, 0.1) is 0 Å². The van der Waals surface area contributed by atoms with Crippen molar-refractivity contribution in [3.05, 3.63) is 95.6 Å². The van der Waals surface area contributed by atoms with Crippen molar-refractivity contribution < 1.29 is 22.8 Å². The molecule has 0 aromatic heterocycles. The molecule has 0 radical (unpaired) electrons. The molecule has 0 fully saturated rings. The second-order valence-electron chi connectivity index (χ2n) is 6.40. The van der Waals surface area contributed by atoms with Crippen LogP contribution in [0.4, 0.5) is 29.3 Å². The van der Waals surface area contributed by atoms with Crippen LogP contribution in [0.25, 0.3) is 0 Å². The fraction of sp³-hybridized carbons (Fsp3) is 0.0909. The normalized spacial score (nSPS) is 10.9. The standard InChI is InChI=1S/C22H18F3N3O2/c23-22(24,25)17-6-4-5-15(13-17)14-26-20(29)16-9-11-19(12-10-16)28-21(30)27-18-7-2-1-3-8-18/h1-13H,14H2,(H,26,29)(H2,27,28,30). The van der Waals surface area contributed by atoms with Gasteiger partial charge in [-0.05, 0) is 54.1 Å². The van der Waals surface area contributed by atoms with Crippen LogP contribution >= 0.6 is 0 Å². The van der Waals surface area contributed by atoms with Crippen LogP contribution < -0.4 is 16.0 Å². The van der Waals surface area contributed by atoms with Gasteiger partial charge >= 0.3 is 12.2 Å². The van der Waals surface area contributed by atoms with E-state index in [0.29, 0.717) is 22.5 Å². The van der Waals surface area contributed by atoms with E-state index in [1.807, 2.05) is 6.07 Å². The van der Waals surface area contributed by atoms with Gasteiger partial charge in [-0.1, -0.05) is 30.3 Å². The van der Waals surface area contributed by atoms with E-state index in [9.17, 15) is 22.8 Å². The molecule has 5 nitrogen and oxygen atoms in total. The molecule has 0 aliphatic heterocycles. The third-order valence-corrected chi connectivity index (χ3v) is 4.14. The number of benzene rings is 3. The molecule has 3 rings (SSSR count). The number of nitrogens with one attached hydrogen (secondary N) is 3. The Labute approximate surface area is 170 Å². The highest BCUT2D eigenvalue weighted by Crippen LogP contribution is 2.29. The topological polar surface area (TPSA) is 70.2 Å². The Morgan fingerprint density at radius 3 is 2.03 bits per heavy atom. The van der Waals surface area contributed by atoms with Crippen LogP contribution in [-0.4, -0.2) is 11.9 Å². The van der Waals surface area contributed by atoms with E-state index in [1.165, 1.54) is 24.3 Å². The van der Waals surface area contributed by atoms with E-state index >= 15 is 0 Å². The summed E-state index contributed by atoms with van der Waals surface area (Å²) in [6, 6.07) is 19.4. The molecule has 30 heavy (non-hydrogen) atoms. The summed E-state index contributed by atoms with van der Waals surface area (Å²) in [5.41, 5.74) is 1.02. The fourth-order valence-electron chi connectivity index (χ4n) is 2.66. The Morgan fingerprint density at radius 1 is 0.767 bits per heavy atom. The second kappa shape index (κ2) is 9.13. The summed E-state index contributed by atoms with van der Waals surface area (Å²) in [6.45, 7) is -0.0394. The van der Waals surface area contributed by atoms with Gasteiger partial charge in [-0.2, -0.15) is 13.2 Å². The number of carbonyl (C=O) groups is 2. The lowest BCUT2D eigenvalue weighted by Gasteiger charge is -2.10. The van der Waals surface area contributed by atoms with Gasteiger partial charge in [-0.15, -0.1) is 0 Å². The number of halogens is 3. The number of alkyl halides is 3. The maximum Gasteiger partial charge on any atom is 0.416 e. The Bertz CT molecular complexity index is 1020. The predicted octanol–water partition coefficient (Wildman–Crippen LogP) is 5.28. The lowest BCUT2D eigenvalue weighted by Crippen LogP contribution is -2.23. The van der Waals surface area contributed by atoms with Crippen molar-refractivity contribution in [2.45, 2.75) is 12.7 Å². The van der Waals surface area contributed by atoms with Gasteiger partial charge in [-0.25, -0.2) is 4.79 Å². The third-order valence-electron chi connectivity index (χ3n) is 4.14. The number of para-hydroxylation sites is 1. The van der Waals surface area contributed by atoms with Crippen LogP contribution in [-0.2, 0) is 12.7 Å². The first-order valence-electron chi connectivity index (χ1n) is 8.99. The highest BCUT2D eigenvalue weighted by atomic mass is 19.4. The SMILES string of the molecule is O=C(Nc1ccccc1)Nc1ccc(C(=O)NCc2cccc(C(F)(F)F)c2)cc1. The number of carbonyl (C=O) groups excluding carboxylic acids is 2. The van der Waals surface area contributed by atoms with Crippen LogP contribution in [0.5, 0.6) is 0 Å². The number of anilines is 2. The van der Waals surface area contributed by atoms with Gasteiger partial charge in [0.25, 0.3) is 5.91 Å². The van der Waals surface area contributed by atoms with Gasteiger partial charge in [0, 0.05) is 23.5 Å². The van der Waals surface area contributed by atoms with E-state index in [-0.39, 0.29) is 6.54 Å². The van der Waals surface area contributed by atoms with Gasteiger partial charge in [0.2, 0.25) is 0 Å². The molecule has 0 aliphatic carbocycles. The zero-order chi connectivity index (χ0) is 21.6. The molecule has 3 N–H and O–H groups in total. The van der Waals surface area contributed by atoms with Crippen LogP contribution in [0.1, 0.15) is 21.5 Å². The molecule has 8 heteroatoms. The first kappa shape index (κ1) is 20.9. The molecule has 0 saturated carbocycles. The van der Waals surface area contributed by atoms with Crippen molar-refractivity contribution in [2.75, 3.05) is 10.6 Å². The van der Waals surface area contributed by atoms with Crippen molar-refractivity contribution >= 4 is 23.3 Å². The third kappa shape index (κ3) is 5.84. The summed E-state index contributed by atoms with van der Waals surface area (Å²) >= 11 is 0. The Hall–Kier alpha value is -3.81. The van der Waals surface area contributed by atoms with Crippen molar-refractivity contribution in [2.24, 2.45) is 0 Å². The van der Waals surface area contributed by atoms with Crippen LogP contribution in [0.2, 0.25) is 0 Å². The van der Waals surface area contributed by atoms with Crippen molar-refractivity contribution in [1.29, 1.82) is 0 Å². The average Bonchev–Trinajstić information content (AvgIpc) is 2.73. The highest BCUT2D eigenvalue weighted by molar-refractivity contribution is 6.00. The summed E-state index contributed by atoms with van der Waals surface area (Å²) in [7, 11) is 0. The Kier molecular flexibility index (Phi) is 6.36. The van der Waals surface area contributed by atoms with E-state index < -0.39 is 23.7 Å². The number of amides is 3. The smallest absolute Gasteiger partial charge is 0.348 e. The van der Waals surface area contributed by atoms with E-state index in [1.54, 1.807) is 36.4 Å². The molecule has 3 aromatic carbocycles. The second-order valence-corrected chi connectivity index (χ2v) is 6.40. The number of rotatable bonds is 5. The van der Waals surface area contributed by atoms with Crippen molar-refractivity contribution in [3.8, 4) is 0 Å². The number of hydrogen-bond donors (Lipinski definition) is 3. The van der Waals surface area contributed by atoms with Crippen molar-refractivity contribution in [1.82, 2.24) is 5.32 Å². The summed E-state index contributed by atoms with van der Waals surface area (Å²) in [5.74, 6) is -0.437. The summed E-state index contributed by atoms with van der Waals surface area (Å²) < 4.78 is 38.3. The van der Waals surface area contributed by atoms with Gasteiger partial charge in [0.1, 0.15) is 0 Å². The van der Waals surface area contributed by atoms with Crippen LogP contribution in [0.15, 0.2) is 78.9 Å². The first-order chi connectivity index (χ1) is 14.3. The molecule has 0 heterocycles. The monoisotopic (exact) mass is 413 g/mol. The lowest BCUT2D eigenvalue weighted by atomic mass is 10.1. The molecular formula is C22H18F3N3O2. The molecule has 3 aromatic rings. The van der Waals surface area contributed by atoms with Crippen molar-refractivity contribution in [3.63, 3.8) is 0 Å². The molecule has 0 saturated heterocycles. The largest absolute Gasteiger partial charge is 0.416 e. The minimum atomic E-state index is -4.43. The summed E-state index contributed by atoms with van der Waals surface area (Å²) in [4.78, 5) is 24.2. The summed E-state index contributed by atoms with van der Waals surface area (Å²) in [5, 5.41) is 7.90. The van der Waals surface area contributed by atoms with Gasteiger partial charge in [-0.3, -0.25) is 4.79 Å². The number of urea groups is 1. The molecule has 0 atom stereocenters. The average molecular weight is 413 g/mol. The molecule has 154 valence electrons. The molecule has 0 unspecified atom stereocenters. The predicted molar refractivity (Wildman–Crippen MR) is 108 cm³/mol. The molecule has 0 aliphatic rings. The van der Waals surface area contributed by atoms with Crippen LogP contribution in [0.3, 0.4) is 0 Å². The number of hydrogen-bond acceptors (Lipinski definition) is 2. The maximum absolute atomic E-state index is 12.8. The maximum atomic E-state index is 12.8. The fourth-order valence-corrected chi connectivity index (χ4v) is 2.66. The van der Waals surface area contributed by atoms with Gasteiger partial charge in [0.15, 0.2) is 0 Å². The molecule has 0 bridgehead atoms. The highest BCUT2D eigenvalue weighted by Gasteiger charge is 2.30. The molecular weight excluding hydrogens is 395 g/mol. The van der Waals surface area contributed by atoms with E-state index in [0.717, 1.165) is 12.1 Å². The minimum Gasteiger partial charge on any atom is -0.348 e. The summed E-state index contributed by atoms with van der Waals surface area (Å²) in [6.07, 6.45) is -4.43. The first-order valence-corrected chi connectivity index (χ1v) is 8.99. The Balaban J connectivity index is 1.54. The van der Waals surface area contributed by atoms with Gasteiger partial charge in [0.05, 0.1) is 5.56 Å². The molecule has 0 spiro atoms. The lowest BCUT2D eigenvalue weighted by molar-refractivity contribution is -0.137. The minimum absolute atomic E-state index is 0.0394. The van der Waals surface area contributed by atoms with E-state index in [2.05, 4.69) is 16.0 Å². The Morgan fingerprint density at radius 2 is 1.40 bits per heavy atom. The van der Waals surface area contributed by atoms with E-state index in [4.69, 9.17) is 0 Å². The molecule has 3 amide bonds. The zero-order valence-corrected chi connectivity index (χ0v) is 15.7.